The summed E-state index contributed by atoms with van der Waals surface area (Å²) in [4.78, 5) is 26.6. The third-order valence-electron chi connectivity index (χ3n) is 4.76. The Morgan fingerprint density at radius 1 is 1.30 bits per heavy atom. The molecular weight excluding hydrogens is 380 g/mol. The summed E-state index contributed by atoms with van der Waals surface area (Å²) in [6.45, 7) is 9.56. The molecule has 1 heterocycles. The highest BCUT2D eigenvalue weighted by molar-refractivity contribution is 8.23. The lowest BCUT2D eigenvalue weighted by Gasteiger charge is -2.31. The van der Waals surface area contributed by atoms with E-state index in [-0.39, 0.29) is 11.7 Å². The van der Waals surface area contributed by atoms with Gasteiger partial charge >= 0.3 is 5.97 Å². The molecule has 1 aromatic rings. The van der Waals surface area contributed by atoms with Gasteiger partial charge in [-0.2, -0.15) is 0 Å². The molecular formula is C20H28N2O3S2. The van der Waals surface area contributed by atoms with Crippen LogP contribution < -0.4 is 5.32 Å². The molecule has 0 saturated carbocycles. The molecule has 0 radical (unpaired) electrons. The van der Waals surface area contributed by atoms with E-state index in [9.17, 15) is 9.59 Å². The summed E-state index contributed by atoms with van der Waals surface area (Å²) in [5.74, 6) is 0.0804. The highest BCUT2D eigenvalue weighted by Crippen LogP contribution is 2.21. The third-order valence-corrected chi connectivity index (χ3v) is 6.26. The van der Waals surface area contributed by atoms with Gasteiger partial charge in [0.25, 0.3) is 5.91 Å². The zero-order valence-corrected chi connectivity index (χ0v) is 18.0. The van der Waals surface area contributed by atoms with Crippen LogP contribution in [0.5, 0.6) is 0 Å². The maximum Gasteiger partial charge on any atom is 0.317 e. The van der Waals surface area contributed by atoms with Gasteiger partial charge in [0.1, 0.15) is 4.32 Å². The monoisotopic (exact) mass is 408 g/mol. The van der Waals surface area contributed by atoms with E-state index in [4.69, 9.17) is 17.0 Å². The number of thioether (sulfide) groups is 1. The van der Waals surface area contributed by atoms with Crippen molar-refractivity contribution in [2.45, 2.75) is 46.6 Å². The fourth-order valence-electron chi connectivity index (χ4n) is 2.92. The van der Waals surface area contributed by atoms with Gasteiger partial charge in [-0.25, -0.2) is 0 Å². The number of carbonyl (C=O) groups is 2. The molecule has 1 saturated heterocycles. The lowest BCUT2D eigenvalue weighted by atomic mass is 10.00. The number of esters is 1. The molecule has 1 aliphatic rings. The second-order valence-corrected chi connectivity index (χ2v) is 8.72. The van der Waals surface area contributed by atoms with Crippen molar-refractivity contribution in [3.63, 3.8) is 0 Å². The maximum atomic E-state index is 12.3. The third kappa shape index (κ3) is 6.50. The van der Waals surface area contributed by atoms with Gasteiger partial charge < -0.3 is 15.0 Å². The number of nitrogens with one attached hydrogen (secondary N) is 1. The van der Waals surface area contributed by atoms with Crippen molar-refractivity contribution in [2.24, 2.45) is 5.92 Å². The summed E-state index contributed by atoms with van der Waals surface area (Å²) < 4.78 is 6.00. The summed E-state index contributed by atoms with van der Waals surface area (Å²) in [6, 6.07) is 5.79. The number of thiocarbonyl (C=S) groups is 1. The SMILES string of the molecule is Cc1cccc(C)c1NC(=O)[C@@H](C)OC(=O)CSC(=S)N1CCC(C)CC1. The Kier molecular flexibility index (Phi) is 8.10. The van der Waals surface area contributed by atoms with Crippen LogP contribution in [0.15, 0.2) is 18.2 Å². The van der Waals surface area contributed by atoms with E-state index in [1.807, 2.05) is 32.0 Å². The van der Waals surface area contributed by atoms with Crippen LogP contribution in [0, 0.1) is 19.8 Å². The molecule has 7 heteroatoms. The zero-order valence-electron chi connectivity index (χ0n) is 16.4. The van der Waals surface area contributed by atoms with Crippen LogP contribution in [-0.4, -0.2) is 46.0 Å². The molecule has 0 aromatic heterocycles. The predicted octanol–water partition coefficient (Wildman–Crippen LogP) is 3.92. The van der Waals surface area contributed by atoms with E-state index in [1.54, 1.807) is 6.92 Å². The van der Waals surface area contributed by atoms with Gasteiger partial charge in [-0.1, -0.05) is 49.1 Å². The molecule has 0 unspecified atom stereocenters. The summed E-state index contributed by atoms with van der Waals surface area (Å²) in [6.07, 6.45) is 1.39. The van der Waals surface area contributed by atoms with Gasteiger partial charge in [-0.15, -0.1) is 0 Å². The molecule has 148 valence electrons. The van der Waals surface area contributed by atoms with Crippen molar-refractivity contribution in [2.75, 3.05) is 24.2 Å². The molecule has 1 atom stereocenters. The molecule has 27 heavy (non-hydrogen) atoms. The minimum Gasteiger partial charge on any atom is -0.452 e. The number of para-hydroxylation sites is 1. The quantitative estimate of drug-likeness (QED) is 0.589. The fourth-order valence-corrected chi connectivity index (χ4v) is 3.96. The number of carbonyl (C=O) groups excluding carboxylic acids is 2. The fraction of sp³-hybridized carbons (Fsp3) is 0.550. The summed E-state index contributed by atoms with van der Waals surface area (Å²) in [7, 11) is 0. The molecule has 1 amide bonds. The van der Waals surface area contributed by atoms with Crippen LogP contribution in [0.25, 0.3) is 0 Å². The Morgan fingerprint density at radius 2 is 1.89 bits per heavy atom. The Balaban J connectivity index is 1.77. The van der Waals surface area contributed by atoms with Crippen LogP contribution >= 0.6 is 24.0 Å². The number of piperidine rings is 1. The first-order chi connectivity index (χ1) is 12.8. The number of aryl methyl sites for hydroxylation is 2. The number of rotatable bonds is 5. The van der Waals surface area contributed by atoms with Crippen LogP contribution in [0.3, 0.4) is 0 Å². The molecule has 1 fully saturated rings. The normalized spacial score (nSPS) is 15.9. The number of ether oxygens (including phenoxy) is 1. The standard InChI is InChI=1S/C20H28N2O3S2/c1-13-8-10-22(11-9-13)20(26)27-12-17(23)25-16(4)19(24)21-18-14(2)6-5-7-15(18)3/h5-7,13,16H,8-12H2,1-4H3,(H,21,24)/t16-/m1/s1. The van der Waals surface area contributed by atoms with Crippen molar-refractivity contribution in [1.29, 1.82) is 0 Å². The highest BCUT2D eigenvalue weighted by Gasteiger charge is 2.22. The molecule has 1 aliphatic heterocycles. The van der Waals surface area contributed by atoms with Gasteiger partial charge in [0.05, 0.1) is 5.75 Å². The molecule has 1 aromatic carbocycles. The van der Waals surface area contributed by atoms with Gasteiger partial charge in [0, 0.05) is 18.8 Å². The molecule has 1 N–H and O–H groups in total. The maximum absolute atomic E-state index is 12.3. The van der Waals surface area contributed by atoms with Crippen molar-refractivity contribution in [3.8, 4) is 0 Å². The van der Waals surface area contributed by atoms with Crippen LogP contribution in [0.1, 0.15) is 37.8 Å². The van der Waals surface area contributed by atoms with Gasteiger partial charge in [0.15, 0.2) is 6.10 Å². The van der Waals surface area contributed by atoms with Gasteiger partial charge in [0.2, 0.25) is 0 Å². The second-order valence-electron chi connectivity index (χ2n) is 7.11. The summed E-state index contributed by atoms with van der Waals surface area (Å²) in [5, 5.41) is 2.85. The number of amides is 1. The Labute approximate surface area is 171 Å². The first-order valence-electron chi connectivity index (χ1n) is 9.26. The predicted molar refractivity (Wildman–Crippen MR) is 115 cm³/mol. The van der Waals surface area contributed by atoms with Crippen LogP contribution in [0.2, 0.25) is 0 Å². The smallest absolute Gasteiger partial charge is 0.317 e. The van der Waals surface area contributed by atoms with E-state index >= 15 is 0 Å². The van der Waals surface area contributed by atoms with Crippen molar-refractivity contribution >= 4 is 45.9 Å². The lowest BCUT2D eigenvalue weighted by Crippen LogP contribution is -2.36. The summed E-state index contributed by atoms with van der Waals surface area (Å²) >= 11 is 6.72. The highest BCUT2D eigenvalue weighted by atomic mass is 32.2. The van der Waals surface area contributed by atoms with E-state index in [0.717, 1.165) is 53.0 Å². The first-order valence-corrected chi connectivity index (χ1v) is 10.7. The Bertz CT molecular complexity index is 680. The minimum absolute atomic E-state index is 0.117. The molecule has 2 rings (SSSR count). The largest absolute Gasteiger partial charge is 0.452 e. The van der Waals surface area contributed by atoms with E-state index < -0.39 is 12.1 Å². The Hall–Kier alpha value is -1.60. The Morgan fingerprint density at radius 3 is 2.48 bits per heavy atom. The zero-order chi connectivity index (χ0) is 20.0. The number of hydrogen-bond donors (Lipinski definition) is 1. The van der Waals surface area contributed by atoms with Crippen LogP contribution in [0.4, 0.5) is 5.69 Å². The summed E-state index contributed by atoms with van der Waals surface area (Å²) in [5.41, 5.74) is 2.71. The average Bonchev–Trinajstić information content (AvgIpc) is 2.63. The average molecular weight is 409 g/mol. The van der Waals surface area contributed by atoms with Crippen molar-refractivity contribution in [1.82, 2.24) is 4.90 Å². The van der Waals surface area contributed by atoms with Crippen LogP contribution in [-0.2, 0) is 14.3 Å². The number of likely N-dealkylation sites (tertiary alicyclic amines) is 1. The number of anilines is 1. The van der Waals surface area contributed by atoms with Gasteiger partial charge in [-0.05, 0) is 50.7 Å². The van der Waals surface area contributed by atoms with Crippen molar-refractivity contribution in [3.05, 3.63) is 29.3 Å². The van der Waals surface area contributed by atoms with E-state index in [2.05, 4.69) is 17.1 Å². The van der Waals surface area contributed by atoms with Crippen molar-refractivity contribution < 1.29 is 14.3 Å². The number of benzene rings is 1. The van der Waals surface area contributed by atoms with Gasteiger partial charge in [-0.3, -0.25) is 9.59 Å². The second kappa shape index (κ2) is 10.1. The number of nitrogens with zero attached hydrogens (tertiary/aromatic N) is 1. The van der Waals surface area contributed by atoms with E-state index in [1.165, 1.54) is 11.8 Å². The molecule has 0 aliphatic carbocycles. The molecule has 0 bridgehead atoms. The minimum atomic E-state index is -0.860. The molecule has 0 spiro atoms. The lowest BCUT2D eigenvalue weighted by molar-refractivity contribution is -0.150. The van der Waals surface area contributed by atoms with E-state index in [0.29, 0.717) is 0 Å². The topological polar surface area (TPSA) is 58.6 Å². The first kappa shape index (κ1) is 21.7. The number of hydrogen-bond acceptors (Lipinski definition) is 5. The molecule has 5 nitrogen and oxygen atoms in total.